The lowest BCUT2D eigenvalue weighted by Crippen LogP contribution is -1.86. The first-order chi connectivity index (χ1) is 7.74. The highest BCUT2D eigenvalue weighted by Crippen LogP contribution is 2.19. The number of H-pyrrole nitrogens is 2. The van der Waals surface area contributed by atoms with Crippen LogP contribution in [-0.4, -0.2) is 25.1 Å². The van der Waals surface area contributed by atoms with Crippen molar-refractivity contribution in [2.45, 2.75) is 0 Å². The molecule has 3 rings (SSSR count). The second kappa shape index (κ2) is 3.02. The molecule has 0 aliphatic heterocycles. The van der Waals surface area contributed by atoms with Gasteiger partial charge < -0.3 is 10.7 Å². The molecule has 2 aromatic heterocycles. The molecule has 0 saturated heterocycles. The number of para-hydroxylation sites is 1. The maximum atomic E-state index is 13.4. The molecule has 80 valence electrons. The van der Waals surface area contributed by atoms with Crippen molar-refractivity contribution in [3.05, 3.63) is 24.0 Å². The maximum Gasteiger partial charge on any atom is 0.239 e. The normalized spacial score (nSPS) is 11.1. The Bertz CT molecular complexity index is 655. The van der Waals surface area contributed by atoms with Crippen molar-refractivity contribution in [1.29, 1.82) is 0 Å². The van der Waals surface area contributed by atoms with Gasteiger partial charge in [-0.25, -0.2) is 9.37 Å². The van der Waals surface area contributed by atoms with Crippen molar-refractivity contribution in [3.8, 4) is 11.6 Å². The van der Waals surface area contributed by atoms with Gasteiger partial charge in [-0.05, 0) is 12.1 Å². The van der Waals surface area contributed by atoms with Crippen molar-refractivity contribution < 1.29 is 4.39 Å². The zero-order valence-corrected chi connectivity index (χ0v) is 8.03. The third-order valence-corrected chi connectivity index (χ3v) is 2.19. The minimum atomic E-state index is -0.382. The van der Waals surface area contributed by atoms with Crippen LogP contribution in [0.5, 0.6) is 0 Å². The summed E-state index contributed by atoms with van der Waals surface area (Å²) in [6.07, 6.45) is 0. The Balaban J connectivity index is 2.22. The van der Waals surface area contributed by atoms with Crippen LogP contribution in [0.15, 0.2) is 18.2 Å². The van der Waals surface area contributed by atoms with E-state index in [1.54, 1.807) is 12.1 Å². The SMILES string of the molecule is Nc1n[nH]c(-c2nc3c(F)cccc3[nH]2)n1. The molecule has 2 heterocycles. The Morgan fingerprint density at radius 3 is 2.75 bits per heavy atom. The van der Waals surface area contributed by atoms with Crippen LogP contribution in [-0.2, 0) is 0 Å². The number of aromatic amines is 2. The summed E-state index contributed by atoms with van der Waals surface area (Å²) < 4.78 is 13.4. The molecule has 4 N–H and O–H groups in total. The van der Waals surface area contributed by atoms with Gasteiger partial charge in [0.15, 0.2) is 17.5 Å². The van der Waals surface area contributed by atoms with Crippen LogP contribution in [0.1, 0.15) is 0 Å². The molecule has 0 radical (unpaired) electrons. The summed E-state index contributed by atoms with van der Waals surface area (Å²) in [7, 11) is 0. The van der Waals surface area contributed by atoms with E-state index in [1.165, 1.54) is 6.07 Å². The number of nitrogens with zero attached hydrogens (tertiary/aromatic N) is 3. The van der Waals surface area contributed by atoms with Crippen LogP contribution in [0.3, 0.4) is 0 Å². The van der Waals surface area contributed by atoms with Gasteiger partial charge in [0.1, 0.15) is 5.52 Å². The van der Waals surface area contributed by atoms with Gasteiger partial charge in [-0.15, -0.1) is 5.10 Å². The topological polar surface area (TPSA) is 96.3 Å². The Morgan fingerprint density at radius 1 is 1.19 bits per heavy atom. The van der Waals surface area contributed by atoms with Gasteiger partial charge in [-0.3, -0.25) is 5.10 Å². The summed E-state index contributed by atoms with van der Waals surface area (Å²) in [5.41, 5.74) is 6.24. The molecule has 0 saturated carbocycles. The Morgan fingerprint density at radius 2 is 2.06 bits per heavy atom. The molecule has 0 aliphatic rings. The third-order valence-electron chi connectivity index (χ3n) is 2.19. The lowest BCUT2D eigenvalue weighted by Gasteiger charge is -1.86. The van der Waals surface area contributed by atoms with Crippen LogP contribution in [0, 0.1) is 5.82 Å². The van der Waals surface area contributed by atoms with E-state index < -0.39 is 0 Å². The molecule has 0 aliphatic carbocycles. The standard InChI is InChI=1S/C9H7FN6/c10-4-2-1-3-5-6(4)13-7(12-5)8-14-9(11)16-15-8/h1-3H,(H,12,13)(H3,11,14,15,16). The number of rotatable bonds is 1. The number of nitrogen functional groups attached to an aromatic ring is 1. The van der Waals surface area contributed by atoms with Crippen LogP contribution in [0.25, 0.3) is 22.7 Å². The lowest BCUT2D eigenvalue weighted by atomic mass is 10.3. The van der Waals surface area contributed by atoms with Gasteiger partial charge in [-0.2, -0.15) is 4.98 Å². The molecule has 3 aromatic rings. The number of imidazole rings is 1. The molecule has 0 fully saturated rings. The van der Waals surface area contributed by atoms with Crippen LogP contribution in [0.4, 0.5) is 10.3 Å². The largest absolute Gasteiger partial charge is 0.366 e. The Hall–Kier alpha value is -2.44. The summed E-state index contributed by atoms with van der Waals surface area (Å²) >= 11 is 0. The first-order valence-corrected chi connectivity index (χ1v) is 4.56. The first kappa shape index (κ1) is 8.84. The van der Waals surface area contributed by atoms with Gasteiger partial charge in [0.05, 0.1) is 5.52 Å². The van der Waals surface area contributed by atoms with Crippen LogP contribution in [0.2, 0.25) is 0 Å². The Kier molecular flexibility index (Phi) is 1.67. The first-order valence-electron chi connectivity index (χ1n) is 4.56. The highest BCUT2D eigenvalue weighted by molar-refractivity contribution is 5.78. The van der Waals surface area contributed by atoms with Gasteiger partial charge in [-0.1, -0.05) is 6.07 Å². The molecule has 0 spiro atoms. The lowest BCUT2D eigenvalue weighted by molar-refractivity contribution is 0.637. The summed E-state index contributed by atoms with van der Waals surface area (Å²) in [5, 5.41) is 6.27. The number of anilines is 1. The summed E-state index contributed by atoms with van der Waals surface area (Å²) in [4.78, 5) is 10.9. The number of hydrogen-bond donors (Lipinski definition) is 3. The van der Waals surface area contributed by atoms with E-state index >= 15 is 0 Å². The Labute approximate surface area is 88.7 Å². The highest BCUT2D eigenvalue weighted by atomic mass is 19.1. The number of nitrogens with one attached hydrogen (secondary N) is 2. The van der Waals surface area contributed by atoms with Crippen molar-refractivity contribution in [1.82, 2.24) is 25.1 Å². The zero-order chi connectivity index (χ0) is 11.1. The second-order valence-electron chi connectivity index (χ2n) is 3.26. The number of fused-ring (bicyclic) bond motifs is 1. The van der Waals surface area contributed by atoms with E-state index in [4.69, 9.17) is 5.73 Å². The molecule has 6 nitrogen and oxygen atoms in total. The molecule has 0 bridgehead atoms. The summed E-state index contributed by atoms with van der Waals surface area (Å²) in [6, 6.07) is 4.69. The van der Waals surface area contributed by atoms with Crippen molar-refractivity contribution in [3.63, 3.8) is 0 Å². The van der Waals surface area contributed by atoms with E-state index in [2.05, 4.69) is 25.1 Å². The fraction of sp³-hybridized carbons (Fsp3) is 0. The monoisotopic (exact) mass is 218 g/mol. The van der Waals surface area contributed by atoms with Crippen molar-refractivity contribution in [2.75, 3.05) is 5.73 Å². The van der Waals surface area contributed by atoms with E-state index in [0.717, 1.165) is 0 Å². The van der Waals surface area contributed by atoms with Gasteiger partial charge in [0.2, 0.25) is 5.95 Å². The molecule has 0 atom stereocenters. The van der Waals surface area contributed by atoms with E-state index in [9.17, 15) is 4.39 Å². The second-order valence-corrected chi connectivity index (χ2v) is 3.26. The third kappa shape index (κ3) is 1.22. The fourth-order valence-electron chi connectivity index (χ4n) is 1.49. The maximum absolute atomic E-state index is 13.4. The van der Waals surface area contributed by atoms with Crippen molar-refractivity contribution in [2.24, 2.45) is 0 Å². The zero-order valence-electron chi connectivity index (χ0n) is 8.03. The molecule has 0 unspecified atom stereocenters. The molecule has 0 amide bonds. The van der Waals surface area contributed by atoms with Gasteiger partial charge in [0, 0.05) is 0 Å². The fourth-order valence-corrected chi connectivity index (χ4v) is 1.49. The molecular formula is C9H7FN6. The average molecular weight is 218 g/mol. The minimum absolute atomic E-state index is 0.121. The predicted octanol–water partition coefficient (Wildman–Crippen LogP) is 1.07. The van der Waals surface area contributed by atoms with Crippen molar-refractivity contribution >= 4 is 17.0 Å². The van der Waals surface area contributed by atoms with Crippen LogP contribution >= 0.6 is 0 Å². The summed E-state index contributed by atoms with van der Waals surface area (Å²) in [6.45, 7) is 0. The molecule has 7 heteroatoms. The number of halogens is 1. The van der Waals surface area contributed by atoms with E-state index in [-0.39, 0.29) is 17.3 Å². The number of aromatic nitrogens is 5. The van der Waals surface area contributed by atoms with Crippen LogP contribution < -0.4 is 5.73 Å². The van der Waals surface area contributed by atoms with Gasteiger partial charge in [0.25, 0.3) is 0 Å². The minimum Gasteiger partial charge on any atom is -0.366 e. The summed E-state index contributed by atoms with van der Waals surface area (Å²) in [5.74, 6) is 0.529. The number of hydrogen-bond acceptors (Lipinski definition) is 4. The molecule has 16 heavy (non-hydrogen) atoms. The average Bonchev–Trinajstić information content (AvgIpc) is 2.84. The quantitative estimate of drug-likeness (QED) is 0.569. The van der Waals surface area contributed by atoms with Gasteiger partial charge >= 0.3 is 0 Å². The highest BCUT2D eigenvalue weighted by Gasteiger charge is 2.11. The molecular weight excluding hydrogens is 211 g/mol. The number of nitrogens with two attached hydrogens (primary N) is 1. The predicted molar refractivity (Wildman–Crippen MR) is 55.8 cm³/mol. The van der Waals surface area contributed by atoms with E-state index in [0.29, 0.717) is 17.2 Å². The van der Waals surface area contributed by atoms with E-state index in [1.807, 2.05) is 0 Å². The molecule has 1 aromatic carbocycles. The number of benzene rings is 1. The smallest absolute Gasteiger partial charge is 0.239 e.